The van der Waals surface area contributed by atoms with Gasteiger partial charge >= 0.3 is 5.91 Å². The normalized spacial score (nSPS) is 20.4. The summed E-state index contributed by atoms with van der Waals surface area (Å²) in [6, 6.07) is 3.03. The highest BCUT2D eigenvalue weighted by atomic mass is 35.5. The number of nitrogens with one attached hydrogen (secondary N) is 2. The Kier molecular flexibility index (Phi) is 9.13. The molecule has 1 saturated heterocycles. The lowest BCUT2D eigenvalue weighted by molar-refractivity contribution is 0.0900. The zero-order valence-electron chi connectivity index (χ0n) is 22.6. The summed E-state index contributed by atoms with van der Waals surface area (Å²) in [6.45, 7) is 5.64. The highest BCUT2D eigenvalue weighted by molar-refractivity contribution is 7.98. The second-order valence-corrected chi connectivity index (χ2v) is 16.7. The Morgan fingerprint density at radius 1 is 1.10 bits per heavy atom. The summed E-state index contributed by atoms with van der Waals surface area (Å²) >= 11 is 13.4. The fourth-order valence-electron chi connectivity index (χ4n) is 5.26. The quantitative estimate of drug-likeness (QED) is 0.398. The molecule has 0 spiro atoms. The summed E-state index contributed by atoms with van der Waals surface area (Å²) in [7, 11) is -6.01. The van der Waals surface area contributed by atoms with E-state index in [2.05, 4.69) is 20.9 Å². The lowest BCUT2D eigenvalue weighted by Gasteiger charge is -2.25. The predicted octanol–water partition coefficient (Wildman–Crippen LogP) is 5.46. The summed E-state index contributed by atoms with van der Waals surface area (Å²) in [5, 5.41) is 3.11. The van der Waals surface area contributed by atoms with Crippen LogP contribution < -0.4 is 10.0 Å². The molecule has 216 valence electrons. The number of rotatable bonds is 7. The molecule has 1 saturated carbocycles. The zero-order valence-corrected chi connectivity index (χ0v) is 25.8. The summed E-state index contributed by atoms with van der Waals surface area (Å²) in [5.74, 6) is 4.12. The molecule has 39 heavy (non-hydrogen) atoms. The van der Waals surface area contributed by atoms with E-state index in [9.17, 15) is 17.4 Å². The maximum absolute atomic E-state index is 13.4. The van der Waals surface area contributed by atoms with Gasteiger partial charge in [-0.3, -0.25) is 4.79 Å². The Morgan fingerprint density at radius 2 is 1.74 bits per heavy atom. The minimum absolute atomic E-state index is 0.0434. The van der Waals surface area contributed by atoms with Crippen molar-refractivity contribution in [2.24, 2.45) is 5.92 Å². The molecule has 2 N–H and O–H groups in total. The van der Waals surface area contributed by atoms with Crippen molar-refractivity contribution < 1.29 is 21.8 Å². The van der Waals surface area contributed by atoms with Crippen molar-refractivity contribution in [2.75, 3.05) is 11.5 Å². The van der Waals surface area contributed by atoms with Gasteiger partial charge in [-0.15, -0.1) is 0 Å². The van der Waals surface area contributed by atoms with Gasteiger partial charge < -0.3 is 9.73 Å². The van der Waals surface area contributed by atoms with Crippen LogP contribution in [0.4, 0.5) is 0 Å². The van der Waals surface area contributed by atoms with Gasteiger partial charge in [0.15, 0.2) is 5.76 Å². The number of nitrogens with zero attached hydrogens (tertiary/aromatic N) is 1. The van der Waals surface area contributed by atoms with Gasteiger partial charge in [0.25, 0.3) is 5.89 Å². The molecule has 1 amide bonds. The second kappa shape index (κ2) is 11.7. The molecule has 4 rings (SSSR count). The predicted molar refractivity (Wildman–Crippen MR) is 158 cm³/mol. The maximum atomic E-state index is 13.4. The number of hydrogen-bond donors (Lipinski definition) is 2. The Balaban J connectivity index is 1.67. The van der Waals surface area contributed by atoms with Gasteiger partial charge in [-0.2, -0.15) is 0 Å². The standard InChI is InChI=1S/C27H37Cl2N3O5S2/c1-27(2,3)32-38(4,34)21-11-10-19(22(28)23(21)29)24-20(16-17-8-6-5-7-9-17)31-26(37-24)25(33)30-18-12-14-39(35,36)15-13-18/h10-11,17-18H,4-9,12-16H2,1-3H3,(H,30,33)(H,32,34). The smallest absolute Gasteiger partial charge is 0.307 e. The van der Waals surface area contributed by atoms with Crippen LogP contribution in [-0.4, -0.2) is 52.5 Å². The van der Waals surface area contributed by atoms with Crippen LogP contribution in [0, 0.1) is 5.92 Å². The molecule has 1 aromatic heterocycles. The topological polar surface area (TPSA) is 118 Å². The molecule has 2 aromatic rings. The van der Waals surface area contributed by atoms with Crippen molar-refractivity contribution >= 4 is 54.5 Å². The van der Waals surface area contributed by atoms with E-state index >= 15 is 0 Å². The first-order valence-corrected chi connectivity index (χ1v) is 17.6. The van der Waals surface area contributed by atoms with E-state index < -0.39 is 31.0 Å². The average Bonchev–Trinajstić information content (AvgIpc) is 3.24. The number of hydrogen-bond acceptors (Lipinski definition) is 6. The van der Waals surface area contributed by atoms with Gasteiger partial charge in [-0.25, -0.2) is 22.3 Å². The van der Waals surface area contributed by atoms with Crippen molar-refractivity contribution in [1.29, 1.82) is 0 Å². The van der Waals surface area contributed by atoms with E-state index in [-0.39, 0.29) is 38.4 Å². The third-order valence-corrected chi connectivity index (χ3v) is 11.8. The summed E-state index contributed by atoms with van der Waals surface area (Å²) in [6.07, 6.45) is 6.98. The molecular formula is C27H37Cl2N3O5S2. The molecule has 12 heteroatoms. The van der Waals surface area contributed by atoms with Crippen LogP contribution in [0.5, 0.6) is 0 Å². The first kappa shape index (κ1) is 30.4. The molecule has 2 aliphatic rings. The molecule has 0 bridgehead atoms. The van der Waals surface area contributed by atoms with Crippen LogP contribution in [0.3, 0.4) is 0 Å². The van der Waals surface area contributed by atoms with E-state index in [0.717, 1.165) is 25.7 Å². The van der Waals surface area contributed by atoms with Crippen LogP contribution in [0.2, 0.25) is 10.0 Å². The zero-order chi connectivity index (χ0) is 28.6. The number of aromatic nitrogens is 1. The monoisotopic (exact) mass is 617 g/mol. The third kappa shape index (κ3) is 7.58. The third-order valence-electron chi connectivity index (χ3n) is 7.11. The Labute approximate surface area is 241 Å². The first-order valence-electron chi connectivity index (χ1n) is 13.3. The summed E-state index contributed by atoms with van der Waals surface area (Å²) in [4.78, 5) is 18.0. The van der Waals surface area contributed by atoms with Crippen molar-refractivity contribution in [2.45, 2.75) is 88.6 Å². The van der Waals surface area contributed by atoms with Crippen LogP contribution in [0.25, 0.3) is 11.3 Å². The SMILES string of the molecule is C=S(=O)(NC(C)(C)C)c1ccc(-c2oc(C(=O)NC3CCS(=O)(=O)CC3)nc2CC2CCCCC2)c(Cl)c1Cl. The number of halogens is 2. The number of amides is 1. The molecule has 2 heterocycles. The number of carbonyl (C=O) groups is 1. The minimum atomic E-state index is -3.05. The molecule has 1 aliphatic heterocycles. The Morgan fingerprint density at radius 3 is 2.36 bits per heavy atom. The Hall–Kier alpha value is -1.59. The fourth-order valence-corrected chi connectivity index (χ4v) is 9.37. The molecule has 0 radical (unpaired) electrons. The van der Waals surface area contributed by atoms with E-state index in [0.29, 0.717) is 42.2 Å². The van der Waals surface area contributed by atoms with Crippen molar-refractivity contribution in [1.82, 2.24) is 15.0 Å². The van der Waals surface area contributed by atoms with Gasteiger partial charge in [0, 0.05) is 17.1 Å². The molecule has 1 aliphatic carbocycles. The molecule has 2 fully saturated rings. The van der Waals surface area contributed by atoms with E-state index in [1.807, 2.05) is 20.8 Å². The maximum Gasteiger partial charge on any atom is 0.307 e. The van der Waals surface area contributed by atoms with Gasteiger partial charge in [-0.1, -0.05) is 55.3 Å². The molecule has 1 aromatic carbocycles. The van der Waals surface area contributed by atoms with E-state index in [1.165, 1.54) is 6.42 Å². The number of benzene rings is 1. The van der Waals surface area contributed by atoms with Crippen molar-refractivity contribution in [3.63, 3.8) is 0 Å². The Bertz CT molecular complexity index is 1430. The minimum Gasteiger partial charge on any atom is -0.432 e. The highest BCUT2D eigenvalue weighted by Gasteiger charge is 2.30. The largest absolute Gasteiger partial charge is 0.432 e. The first-order chi connectivity index (χ1) is 18.2. The van der Waals surface area contributed by atoms with Crippen LogP contribution in [-0.2, 0) is 26.0 Å². The second-order valence-electron chi connectivity index (χ2n) is 11.7. The van der Waals surface area contributed by atoms with E-state index in [4.69, 9.17) is 27.6 Å². The molecule has 8 nitrogen and oxygen atoms in total. The number of oxazole rings is 1. The van der Waals surface area contributed by atoms with Crippen LogP contribution >= 0.6 is 23.2 Å². The lowest BCUT2D eigenvalue weighted by Crippen LogP contribution is -2.41. The molecular weight excluding hydrogens is 581 g/mol. The van der Waals surface area contributed by atoms with Gasteiger partial charge in [0.2, 0.25) is 0 Å². The molecule has 1 atom stereocenters. The van der Waals surface area contributed by atoms with Gasteiger partial charge in [-0.05, 0) is 64.0 Å². The number of carbonyl (C=O) groups excluding carboxylic acids is 1. The highest BCUT2D eigenvalue weighted by Crippen LogP contribution is 2.41. The van der Waals surface area contributed by atoms with Crippen LogP contribution in [0.15, 0.2) is 21.4 Å². The van der Waals surface area contributed by atoms with Crippen molar-refractivity contribution in [3.8, 4) is 11.3 Å². The van der Waals surface area contributed by atoms with Crippen molar-refractivity contribution in [3.05, 3.63) is 33.8 Å². The van der Waals surface area contributed by atoms with E-state index in [1.54, 1.807) is 12.1 Å². The molecule has 1 unspecified atom stereocenters. The van der Waals surface area contributed by atoms with Gasteiger partial charge in [0.1, 0.15) is 9.84 Å². The van der Waals surface area contributed by atoms with Crippen LogP contribution in [0.1, 0.15) is 82.1 Å². The summed E-state index contributed by atoms with van der Waals surface area (Å²) < 4.78 is 46.0. The lowest BCUT2D eigenvalue weighted by atomic mass is 9.85. The van der Waals surface area contributed by atoms with Gasteiger partial charge in [0.05, 0.1) is 41.8 Å². The fraction of sp³-hybridized carbons (Fsp3) is 0.593. The number of sulfone groups is 1. The summed E-state index contributed by atoms with van der Waals surface area (Å²) in [5.41, 5.74) is 0.598. The average molecular weight is 619 g/mol.